The molecule has 0 unspecified atom stereocenters. The van der Waals surface area contributed by atoms with Crippen molar-refractivity contribution in [3.05, 3.63) is 64.3 Å². The fourth-order valence-electron chi connectivity index (χ4n) is 2.46. The maximum atomic E-state index is 12.9. The van der Waals surface area contributed by atoms with Crippen molar-refractivity contribution >= 4 is 22.6 Å². The smallest absolute Gasteiger partial charge is 0.335 e. The van der Waals surface area contributed by atoms with Crippen LogP contribution in [0.1, 0.15) is 10.4 Å². The number of fused-ring (bicyclic) bond motifs is 1. The minimum Gasteiger partial charge on any atom is -0.399 e. The minimum absolute atomic E-state index is 0.00803. The first-order valence-electron chi connectivity index (χ1n) is 6.72. The second-order valence-electron chi connectivity index (χ2n) is 5.12. The highest BCUT2D eigenvalue weighted by Gasteiger charge is 2.17. The third kappa shape index (κ3) is 2.28. The first-order chi connectivity index (χ1) is 10.5. The van der Waals surface area contributed by atoms with E-state index < -0.39 is 5.69 Å². The summed E-state index contributed by atoms with van der Waals surface area (Å²) >= 11 is 0. The van der Waals surface area contributed by atoms with Gasteiger partial charge in [0.25, 0.3) is 0 Å². The van der Waals surface area contributed by atoms with Crippen LogP contribution in [0.3, 0.4) is 0 Å². The maximum Gasteiger partial charge on any atom is 0.335 e. The van der Waals surface area contributed by atoms with Gasteiger partial charge in [-0.05, 0) is 35.9 Å². The molecule has 3 aromatic rings. The van der Waals surface area contributed by atoms with Crippen molar-refractivity contribution in [2.45, 2.75) is 6.42 Å². The normalized spacial score (nSPS) is 11.0. The Hall–Kier alpha value is -2.89. The van der Waals surface area contributed by atoms with Gasteiger partial charge in [-0.25, -0.2) is 13.8 Å². The molecule has 0 spiro atoms. The van der Waals surface area contributed by atoms with Crippen LogP contribution in [0.25, 0.3) is 11.0 Å². The molecule has 5 nitrogen and oxygen atoms in total. The maximum absolute atomic E-state index is 12.9. The molecule has 0 aliphatic rings. The first kappa shape index (κ1) is 14.1. The number of halogens is 1. The third-order valence-corrected chi connectivity index (χ3v) is 3.60. The lowest BCUT2D eigenvalue weighted by molar-refractivity contribution is 0.0914. The number of anilines is 1. The van der Waals surface area contributed by atoms with Crippen LogP contribution in [0.5, 0.6) is 0 Å². The second kappa shape index (κ2) is 5.14. The number of aromatic nitrogens is 2. The predicted octanol–water partition coefficient (Wildman–Crippen LogP) is 1.94. The number of hydrogen-bond acceptors (Lipinski definition) is 3. The number of benzene rings is 2. The zero-order chi connectivity index (χ0) is 15.9. The van der Waals surface area contributed by atoms with E-state index in [1.165, 1.54) is 28.8 Å². The van der Waals surface area contributed by atoms with E-state index in [1.54, 1.807) is 25.2 Å². The topological polar surface area (TPSA) is 70.0 Å². The van der Waals surface area contributed by atoms with E-state index in [9.17, 15) is 14.0 Å². The summed E-state index contributed by atoms with van der Waals surface area (Å²) in [6.07, 6.45) is 0.00803. The molecule has 2 aromatic carbocycles. The molecule has 6 heteroatoms. The number of nitrogens with zero attached hydrogens (tertiary/aromatic N) is 2. The van der Waals surface area contributed by atoms with Crippen LogP contribution in [0.4, 0.5) is 10.1 Å². The van der Waals surface area contributed by atoms with Gasteiger partial charge in [0, 0.05) is 12.7 Å². The molecule has 112 valence electrons. The summed E-state index contributed by atoms with van der Waals surface area (Å²) in [6, 6.07) is 10.6. The number of nitrogen functional groups attached to an aromatic ring is 1. The van der Waals surface area contributed by atoms with Crippen LogP contribution in [0, 0.1) is 5.82 Å². The molecule has 0 saturated heterocycles. The summed E-state index contributed by atoms with van der Waals surface area (Å²) in [5, 5.41) is 0. The van der Waals surface area contributed by atoms with Crippen molar-refractivity contribution in [3.8, 4) is 0 Å². The lowest BCUT2D eigenvalue weighted by Crippen LogP contribution is -2.28. The molecule has 1 aromatic heterocycles. The Kier molecular flexibility index (Phi) is 3.29. The van der Waals surface area contributed by atoms with E-state index in [4.69, 9.17) is 5.73 Å². The molecule has 0 radical (unpaired) electrons. The summed E-state index contributed by atoms with van der Waals surface area (Å²) < 4.78 is 15.4. The van der Waals surface area contributed by atoms with Crippen LogP contribution in [-0.4, -0.2) is 15.0 Å². The highest BCUT2D eigenvalue weighted by molar-refractivity contribution is 5.92. The number of hydrogen-bond donors (Lipinski definition) is 1. The number of carbonyl (C=O) groups excluding carboxylic acids is 1. The van der Waals surface area contributed by atoms with Crippen LogP contribution >= 0.6 is 0 Å². The molecule has 1 heterocycles. The van der Waals surface area contributed by atoms with Crippen LogP contribution in [0.2, 0.25) is 0 Å². The summed E-state index contributed by atoms with van der Waals surface area (Å²) in [5.41, 5.74) is 7.54. The average Bonchev–Trinajstić information content (AvgIpc) is 2.73. The Morgan fingerprint density at radius 1 is 1.14 bits per heavy atom. The lowest BCUT2D eigenvalue weighted by atomic mass is 10.1. The van der Waals surface area contributed by atoms with Gasteiger partial charge in [0.15, 0.2) is 0 Å². The monoisotopic (exact) mass is 299 g/mol. The molecule has 0 amide bonds. The zero-order valence-electron chi connectivity index (χ0n) is 11.9. The number of aryl methyl sites for hydroxylation is 1. The van der Waals surface area contributed by atoms with Crippen molar-refractivity contribution in [2.24, 2.45) is 7.05 Å². The summed E-state index contributed by atoms with van der Waals surface area (Å²) in [6.45, 7) is 0. The minimum atomic E-state index is -0.423. The van der Waals surface area contributed by atoms with E-state index in [1.807, 2.05) is 0 Å². The molecule has 0 bridgehead atoms. The van der Waals surface area contributed by atoms with Crippen molar-refractivity contribution in [3.63, 3.8) is 0 Å². The molecule has 0 aliphatic heterocycles. The summed E-state index contributed by atoms with van der Waals surface area (Å²) in [5.74, 6) is -0.751. The molecule has 0 atom stereocenters. The third-order valence-electron chi connectivity index (χ3n) is 3.60. The quantitative estimate of drug-likeness (QED) is 0.735. The number of rotatable bonds is 2. The van der Waals surface area contributed by atoms with Crippen LogP contribution in [0.15, 0.2) is 47.3 Å². The summed E-state index contributed by atoms with van der Waals surface area (Å²) in [4.78, 5) is 24.8. The Morgan fingerprint density at radius 3 is 2.50 bits per heavy atom. The molecule has 0 saturated carbocycles. The summed E-state index contributed by atoms with van der Waals surface area (Å²) in [7, 11) is 1.60. The van der Waals surface area contributed by atoms with Gasteiger partial charge < -0.3 is 5.73 Å². The van der Waals surface area contributed by atoms with Gasteiger partial charge in [-0.1, -0.05) is 12.1 Å². The Balaban J connectivity index is 2.07. The Labute approximate surface area is 125 Å². The molecule has 3 rings (SSSR count). The van der Waals surface area contributed by atoms with E-state index in [0.717, 1.165) is 4.57 Å². The van der Waals surface area contributed by atoms with Gasteiger partial charge in [-0.15, -0.1) is 0 Å². The van der Waals surface area contributed by atoms with Crippen molar-refractivity contribution in [1.82, 2.24) is 9.13 Å². The SMILES string of the molecule is Cn1c(=O)n(C(=O)Cc2ccc(F)cc2)c2cc(N)ccc21. The van der Waals surface area contributed by atoms with Gasteiger partial charge in [0.2, 0.25) is 5.91 Å². The molecular weight excluding hydrogens is 285 g/mol. The number of carbonyl (C=O) groups is 1. The first-order valence-corrected chi connectivity index (χ1v) is 6.72. The van der Waals surface area contributed by atoms with Crippen LogP contribution in [-0.2, 0) is 13.5 Å². The van der Waals surface area contributed by atoms with Crippen molar-refractivity contribution in [2.75, 3.05) is 5.73 Å². The average molecular weight is 299 g/mol. The Bertz CT molecular complexity index is 923. The lowest BCUT2D eigenvalue weighted by Gasteiger charge is -2.03. The highest BCUT2D eigenvalue weighted by atomic mass is 19.1. The predicted molar refractivity (Wildman–Crippen MR) is 82.3 cm³/mol. The van der Waals surface area contributed by atoms with E-state index in [-0.39, 0.29) is 18.1 Å². The zero-order valence-corrected chi connectivity index (χ0v) is 11.9. The van der Waals surface area contributed by atoms with Gasteiger partial charge in [-0.3, -0.25) is 9.36 Å². The fourth-order valence-corrected chi connectivity index (χ4v) is 2.46. The number of imidazole rings is 1. The molecule has 0 fully saturated rings. The van der Waals surface area contributed by atoms with Crippen molar-refractivity contribution < 1.29 is 9.18 Å². The van der Waals surface area contributed by atoms with Gasteiger partial charge >= 0.3 is 5.69 Å². The fraction of sp³-hybridized carbons (Fsp3) is 0.125. The molecule has 0 aliphatic carbocycles. The highest BCUT2D eigenvalue weighted by Crippen LogP contribution is 2.16. The second-order valence-corrected chi connectivity index (χ2v) is 5.12. The van der Waals surface area contributed by atoms with Gasteiger partial charge in [0.1, 0.15) is 5.82 Å². The van der Waals surface area contributed by atoms with Gasteiger partial charge in [0.05, 0.1) is 17.5 Å². The van der Waals surface area contributed by atoms with E-state index in [2.05, 4.69) is 0 Å². The molecule has 22 heavy (non-hydrogen) atoms. The molecular formula is C16H14FN3O2. The van der Waals surface area contributed by atoms with Crippen LogP contribution < -0.4 is 11.4 Å². The standard InChI is InChI=1S/C16H14FN3O2/c1-19-13-7-6-12(18)9-14(13)20(16(19)22)15(21)8-10-2-4-11(17)5-3-10/h2-7,9H,8,18H2,1H3. The number of nitrogens with two attached hydrogens (primary N) is 1. The van der Waals surface area contributed by atoms with Crippen molar-refractivity contribution in [1.29, 1.82) is 0 Å². The largest absolute Gasteiger partial charge is 0.399 e. The molecule has 2 N–H and O–H groups in total. The van der Waals surface area contributed by atoms with E-state index >= 15 is 0 Å². The van der Waals surface area contributed by atoms with Gasteiger partial charge in [-0.2, -0.15) is 0 Å². The Morgan fingerprint density at radius 2 is 1.82 bits per heavy atom. The van der Waals surface area contributed by atoms with E-state index in [0.29, 0.717) is 22.3 Å².